The van der Waals surface area contributed by atoms with Gasteiger partial charge in [0.15, 0.2) is 0 Å². The number of hydrogen-bond donors (Lipinski definition) is 1. The molecule has 112 valence electrons. The molecule has 0 spiro atoms. The monoisotopic (exact) mass is 301 g/mol. The first-order valence-electron chi connectivity index (χ1n) is 7.13. The van der Waals surface area contributed by atoms with Gasteiger partial charge in [-0.05, 0) is 57.4 Å². The maximum absolute atomic E-state index is 6.02. The molecule has 0 radical (unpaired) electrons. The first-order chi connectivity index (χ1) is 9.98. The molecule has 2 aromatic carbocycles. The fourth-order valence-corrected chi connectivity index (χ4v) is 2.29. The lowest BCUT2D eigenvalue weighted by Gasteiger charge is -2.21. The third-order valence-electron chi connectivity index (χ3n) is 3.07. The first-order valence-corrected chi connectivity index (χ1v) is 8.35. The summed E-state index contributed by atoms with van der Waals surface area (Å²) in [4.78, 5) is 1.24. The van der Waals surface area contributed by atoms with E-state index in [4.69, 9.17) is 4.74 Å². The van der Waals surface area contributed by atoms with Gasteiger partial charge in [-0.2, -0.15) is 0 Å². The molecule has 0 saturated carbocycles. The third-order valence-corrected chi connectivity index (χ3v) is 3.81. The van der Waals surface area contributed by atoms with Gasteiger partial charge in [-0.15, -0.1) is 11.8 Å². The van der Waals surface area contributed by atoms with E-state index in [0.29, 0.717) is 0 Å². The normalized spacial score (nSPS) is 11.4. The van der Waals surface area contributed by atoms with Gasteiger partial charge in [0.1, 0.15) is 11.5 Å². The van der Waals surface area contributed by atoms with E-state index >= 15 is 0 Å². The molecule has 0 heterocycles. The van der Waals surface area contributed by atoms with Crippen molar-refractivity contribution in [2.75, 3.05) is 6.26 Å². The van der Waals surface area contributed by atoms with Crippen LogP contribution in [0.25, 0.3) is 0 Å². The lowest BCUT2D eigenvalue weighted by Crippen LogP contribution is -2.35. The summed E-state index contributed by atoms with van der Waals surface area (Å²) in [5, 5.41) is 3.50. The minimum absolute atomic E-state index is 0.0904. The summed E-state index contributed by atoms with van der Waals surface area (Å²) < 4.78 is 6.02. The highest BCUT2D eigenvalue weighted by Crippen LogP contribution is 2.27. The zero-order valence-corrected chi connectivity index (χ0v) is 14.0. The van der Waals surface area contributed by atoms with Gasteiger partial charge < -0.3 is 10.1 Å². The van der Waals surface area contributed by atoms with Crippen LogP contribution in [0.1, 0.15) is 26.3 Å². The Hall–Kier alpha value is -1.45. The van der Waals surface area contributed by atoms with Crippen LogP contribution in [0.15, 0.2) is 53.4 Å². The number of ether oxygens (including phenoxy) is 1. The molecule has 21 heavy (non-hydrogen) atoms. The number of rotatable bonds is 5. The molecular formula is C18H23NOS. The lowest BCUT2D eigenvalue weighted by atomic mass is 10.1. The molecule has 0 aliphatic heterocycles. The SMILES string of the molecule is CSc1ccc(Oc2ccccc2CNC(C)(C)C)cc1. The average Bonchev–Trinajstić information content (AvgIpc) is 2.46. The summed E-state index contributed by atoms with van der Waals surface area (Å²) in [5.41, 5.74) is 1.26. The molecule has 3 heteroatoms. The second-order valence-corrected chi connectivity index (χ2v) is 6.87. The van der Waals surface area contributed by atoms with Gasteiger partial charge in [0.25, 0.3) is 0 Å². The van der Waals surface area contributed by atoms with Crippen LogP contribution < -0.4 is 10.1 Å². The summed E-state index contributed by atoms with van der Waals surface area (Å²) in [6.45, 7) is 7.29. The van der Waals surface area contributed by atoms with Gasteiger partial charge >= 0.3 is 0 Å². The largest absolute Gasteiger partial charge is 0.457 e. The molecule has 2 aromatic rings. The summed E-state index contributed by atoms with van der Waals surface area (Å²) in [6.07, 6.45) is 2.07. The second kappa shape index (κ2) is 7.01. The Morgan fingerprint density at radius 2 is 1.67 bits per heavy atom. The molecule has 0 unspecified atom stereocenters. The van der Waals surface area contributed by atoms with Crippen molar-refractivity contribution in [3.8, 4) is 11.5 Å². The number of thioether (sulfide) groups is 1. The Morgan fingerprint density at radius 1 is 1.00 bits per heavy atom. The average molecular weight is 301 g/mol. The topological polar surface area (TPSA) is 21.3 Å². The fourth-order valence-electron chi connectivity index (χ4n) is 1.88. The van der Waals surface area contributed by atoms with Crippen molar-refractivity contribution in [3.05, 3.63) is 54.1 Å². The van der Waals surface area contributed by atoms with E-state index in [1.807, 2.05) is 30.3 Å². The maximum Gasteiger partial charge on any atom is 0.131 e. The second-order valence-electron chi connectivity index (χ2n) is 5.99. The Balaban J connectivity index is 2.11. The van der Waals surface area contributed by atoms with Crippen LogP contribution in [-0.4, -0.2) is 11.8 Å². The zero-order chi connectivity index (χ0) is 15.3. The molecule has 0 aliphatic carbocycles. The summed E-state index contributed by atoms with van der Waals surface area (Å²) in [5.74, 6) is 1.78. The molecule has 2 nitrogen and oxygen atoms in total. The van der Waals surface area contributed by atoms with E-state index in [2.05, 4.69) is 50.5 Å². The van der Waals surface area contributed by atoms with Crippen LogP contribution in [0.3, 0.4) is 0 Å². The van der Waals surface area contributed by atoms with Crippen molar-refractivity contribution in [2.45, 2.75) is 37.8 Å². The van der Waals surface area contributed by atoms with Crippen LogP contribution in [0.2, 0.25) is 0 Å². The number of hydrogen-bond acceptors (Lipinski definition) is 3. The van der Waals surface area contributed by atoms with Gasteiger partial charge in [0.05, 0.1) is 0 Å². The number of para-hydroxylation sites is 1. The molecule has 0 fully saturated rings. The van der Waals surface area contributed by atoms with Gasteiger partial charge in [-0.1, -0.05) is 18.2 Å². The Kier molecular flexibility index (Phi) is 5.32. The van der Waals surface area contributed by atoms with Crippen molar-refractivity contribution in [1.29, 1.82) is 0 Å². The van der Waals surface area contributed by atoms with Crippen molar-refractivity contribution in [1.82, 2.24) is 5.32 Å². The van der Waals surface area contributed by atoms with Crippen molar-refractivity contribution < 1.29 is 4.74 Å². The molecule has 0 aliphatic rings. The highest BCUT2D eigenvalue weighted by molar-refractivity contribution is 7.98. The summed E-state index contributed by atoms with van der Waals surface area (Å²) in [6, 6.07) is 16.4. The molecule has 0 saturated heterocycles. The molecule has 2 rings (SSSR count). The lowest BCUT2D eigenvalue weighted by molar-refractivity contribution is 0.414. The Labute approximate surface area is 131 Å². The van der Waals surface area contributed by atoms with Crippen LogP contribution in [0, 0.1) is 0 Å². The van der Waals surface area contributed by atoms with E-state index in [9.17, 15) is 0 Å². The molecule has 1 N–H and O–H groups in total. The molecule has 0 amide bonds. The van der Waals surface area contributed by atoms with Crippen LogP contribution >= 0.6 is 11.8 Å². The van der Waals surface area contributed by atoms with Gasteiger partial charge in [-0.3, -0.25) is 0 Å². The van der Waals surface area contributed by atoms with Gasteiger partial charge in [-0.25, -0.2) is 0 Å². The maximum atomic E-state index is 6.02. The highest BCUT2D eigenvalue weighted by atomic mass is 32.2. The quantitative estimate of drug-likeness (QED) is 0.777. The molecule has 0 bridgehead atoms. The predicted octanol–water partition coefficient (Wildman–Crippen LogP) is 5.09. The zero-order valence-electron chi connectivity index (χ0n) is 13.1. The number of benzene rings is 2. The van der Waals surface area contributed by atoms with E-state index < -0.39 is 0 Å². The summed E-state index contributed by atoms with van der Waals surface area (Å²) >= 11 is 1.73. The Bertz CT molecular complexity index is 573. The van der Waals surface area contributed by atoms with Crippen molar-refractivity contribution in [3.63, 3.8) is 0 Å². The minimum Gasteiger partial charge on any atom is -0.457 e. The summed E-state index contributed by atoms with van der Waals surface area (Å²) in [7, 11) is 0. The van der Waals surface area contributed by atoms with Crippen LogP contribution in [0.5, 0.6) is 11.5 Å². The van der Waals surface area contributed by atoms with Crippen LogP contribution in [-0.2, 0) is 6.54 Å². The standard InChI is InChI=1S/C18H23NOS/c1-18(2,3)19-13-14-7-5-6-8-17(14)20-15-9-11-16(21-4)12-10-15/h5-12,19H,13H2,1-4H3. The molecule has 0 aromatic heterocycles. The third kappa shape index (κ3) is 5.10. The Morgan fingerprint density at radius 3 is 2.29 bits per heavy atom. The fraction of sp³-hybridized carbons (Fsp3) is 0.333. The van der Waals surface area contributed by atoms with Crippen molar-refractivity contribution in [2.24, 2.45) is 0 Å². The van der Waals surface area contributed by atoms with Crippen molar-refractivity contribution >= 4 is 11.8 Å². The van der Waals surface area contributed by atoms with E-state index in [1.165, 1.54) is 10.5 Å². The van der Waals surface area contributed by atoms with Gasteiger partial charge in [0.2, 0.25) is 0 Å². The van der Waals surface area contributed by atoms with E-state index in [0.717, 1.165) is 18.0 Å². The highest BCUT2D eigenvalue weighted by Gasteiger charge is 2.11. The molecular weight excluding hydrogens is 278 g/mol. The van der Waals surface area contributed by atoms with Crippen LogP contribution in [0.4, 0.5) is 0 Å². The minimum atomic E-state index is 0.0904. The number of nitrogens with one attached hydrogen (secondary N) is 1. The first kappa shape index (κ1) is 15.9. The van der Waals surface area contributed by atoms with E-state index in [-0.39, 0.29) is 5.54 Å². The smallest absolute Gasteiger partial charge is 0.131 e. The predicted molar refractivity (Wildman–Crippen MR) is 91.3 cm³/mol. The van der Waals surface area contributed by atoms with E-state index in [1.54, 1.807) is 11.8 Å². The molecule has 0 atom stereocenters. The van der Waals surface area contributed by atoms with Gasteiger partial charge in [0, 0.05) is 22.5 Å².